The van der Waals surface area contributed by atoms with Gasteiger partial charge in [0.05, 0.1) is 0 Å². The molecular formula is C9H19P. The predicted octanol–water partition coefficient (Wildman–Crippen LogP) is 4.15. The number of rotatable bonds is 7. The van der Waals surface area contributed by atoms with Gasteiger partial charge < -0.3 is 0 Å². The lowest BCUT2D eigenvalue weighted by Crippen LogP contribution is -1.79. The first-order valence-electron chi connectivity index (χ1n) is 4.52. The van der Waals surface area contributed by atoms with Crippen molar-refractivity contribution in [3.8, 4) is 0 Å². The van der Waals surface area contributed by atoms with E-state index in [0.29, 0.717) is 0 Å². The van der Waals surface area contributed by atoms with Gasteiger partial charge in [-0.3, -0.25) is 0 Å². The van der Waals surface area contributed by atoms with Crippen LogP contribution in [-0.2, 0) is 0 Å². The van der Waals surface area contributed by atoms with Crippen LogP contribution in [0.2, 0.25) is 0 Å². The van der Waals surface area contributed by atoms with E-state index in [4.69, 9.17) is 0 Å². The Morgan fingerprint density at radius 1 is 0.800 bits per heavy atom. The largest absolute Gasteiger partial charge is 0.0654 e. The van der Waals surface area contributed by atoms with E-state index in [9.17, 15) is 0 Å². The molecule has 0 rings (SSSR count). The molecule has 0 spiro atoms. The van der Waals surface area contributed by atoms with Crippen molar-refractivity contribution in [2.75, 3.05) is 6.16 Å². The summed E-state index contributed by atoms with van der Waals surface area (Å²) in [6.07, 6.45) is 10.8. The molecule has 0 unspecified atom stereocenters. The minimum absolute atomic E-state index is 1.06. The topological polar surface area (TPSA) is 0 Å². The minimum atomic E-state index is 1.06. The maximum atomic E-state index is 4.16. The minimum Gasteiger partial charge on any atom is -0.0654 e. The third-order valence-electron chi connectivity index (χ3n) is 1.76. The second-order valence-corrected chi connectivity index (χ2v) is 3.29. The summed E-state index contributed by atoms with van der Waals surface area (Å²) in [5.74, 6) is 0. The molecule has 0 amide bonds. The van der Waals surface area contributed by atoms with Crippen molar-refractivity contribution in [3.63, 3.8) is 0 Å². The standard InChI is InChI=1S/C9H19P/c1-2-3-4-5-6-7-8-9-10/h2-9H2,1H3. The van der Waals surface area contributed by atoms with Crippen LogP contribution in [0.25, 0.3) is 0 Å². The van der Waals surface area contributed by atoms with Crippen LogP contribution in [-0.4, -0.2) is 6.16 Å². The molecule has 0 fully saturated rings. The van der Waals surface area contributed by atoms with Crippen molar-refractivity contribution >= 4 is 9.24 Å². The Hall–Kier alpha value is 0.430. The van der Waals surface area contributed by atoms with Crippen LogP contribution in [0.1, 0.15) is 51.9 Å². The molecular weight excluding hydrogens is 139 g/mol. The summed E-state index contributed by atoms with van der Waals surface area (Å²) in [7, 11) is 4.16. The average molecular weight is 158 g/mol. The molecule has 2 radical (unpaired) electrons. The highest BCUT2D eigenvalue weighted by atomic mass is 31.0. The zero-order valence-electron chi connectivity index (χ0n) is 7.10. The fraction of sp³-hybridized carbons (Fsp3) is 1.00. The first-order chi connectivity index (χ1) is 4.91. The lowest BCUT2D eigenvalue weighted by molar-refractivity contribution is 0.603. The molecule has 0 heterocycles. The van der Waals surface area contributed by atoms with Gasteiger partial charge in [0.25, 0.3) is 0 Å². The third kappa shape index (κ3) is 8.43. The monoisotopic (exact) mass is 158 g/mol. The molecule has 1 heteroatoms. The summed E-state index contributed by atoms with van der Waals surface area (Å²) in [5.41, 5.74) is 0. The Labute approximate surface area is 68.0 Å². The maximum absolute atomic E-state index is 4.16. The van der Waals surface area contributed by atoms with Gasteiger partial charge >= 0.3 is 0 Å². The highest BCUT2D eigenvalue weighted by molar-refractivity contribution is 7.16. The Morgan fingerprint density at radius 3 is 1.80 bits per heavy atom. The van der Waals surface area contributed by atoms with Gasteiger partial charge in [-0.1, -0.05) is 45.4 Å². The molecule has 10 heavy (non-hydrogen) atoms. The fourth-order valence-corrected chi connectivity index (χ4v) is 1.29. The Balaban J connectivity index is 2.65. The first kappa shape index (κ1) is 10.4. The zero-order chi connectivity index (χ0) is 7.66. The Bertz CT molecular complexity index is 44.7. The molecule has 0 aliphatic heterocycles. The van der Waals surface area contributed by atoms with Crippen LogP contribution in [0.3, 0.4) is 0 Å². The fourth-order valence-electron chi connectivity index (χ4n) is 1.07. The Morgan fingerprint density at radius 2 is 1.30 bits per heavy atom. The molecule has 60 valence electrons. The van der Waals surface area contributed by atoms with Crippen LogP contribution in [0.4, 0.5) is 0 Å². The summed E-state index contributed by atoms with van der Waals surface area (Å²) in [5, 5.41) is 0. The molecule has 0 aromatic heterocycles. The highest BCUT2D eigenvalue weighted by Crippen LogP contribution is 2.07. The van der Waals surface area contributed by atoms with Gasteiger partial charge in [-0.25, -0.2) is 0 Å². The van der Waals surface area contributed by atoms with E-state index in [2.05, 4.69) is 16.2 Å². The summed E-state index contributed by atoms with van der Waals surface area (Å²) >= 11 is 0. The van der Waals surface area contributed by atoms with Crippen molar-refractivity contribution in [2.24, 2.45) is 0 Å². The molecule has 0 N–H and O–H groups in total. The molecule has 0 saturated carbocycles. The first-order valence-corrected chi connectivity index (χ1v) is 5.16. The van der Waals surface area contributed by atoms with Gasteiger partial charge in [0.15, 0.2) is 0 Å². The molecule has 0 nitrogen and oxygen atoms in total. The van der Waals surface area contributed by atoms with Gasteiger partial charge in [-0.2, -0.15) is 0 Å². The van der Waals surface area contributed by atoms with E-state index in [0.717, 1.165) is 6.16 Å². The predicted molar refractivity (Wildman–Crippen MR) is 49.8 cm³/mol. The van der Waals surface area contributed by atoms with E-state index in [1.165, 1.54) is 44.9 Å². The number of hydrogen-bond acceptors (Lipinski definition) is 0. The number of unbranched alkanes of at least 4 members (excludes halogenated alkanes) is 6. The van der Waals surface area contributed by atoms with Crippen LogP contribution in [0.5, 0.6) is 0 Å². The number of hydrogen-bond donors (Lipinski definition) is 0. The summed E-state index contributed by atoms with van der Waals surface area (Å²) in [6.45, 7) is 2.26. The van der Waals surface area contributed by atoms with E-state index in [1.54, 1.807) is 0 Å². The van der Waals surface area contributed by atoms with E-state index in [-0.39, 0.29) is 0 Å². The summed E-state index contributed by atoms with van der Waals surface area (Å²) in [6, 6.07) is 0. The quantitative estimate of drug-likeness (QED) is 0.385. The van der Waals surface area contributed by atoms with Gasteiger partial charge in [0.1, 0.15) is 0 Å². The lowest BCUT2D eigenvalue weighted by atomic mass is 10.1. The second kappa shape index (κ2) is 9.43. The Kier molecular flexibility index (Phi) is 9.84. The highest BCUT2D eigenvalue weighted by Gasteiger charge is 1.87. The summed E-state index contributed by atoms with van der Waals surface area (Å²) in [4.78, 5) is 0. The smallest absolute Gasteiger partial charge is 0.0242 e. The van der Waals surface area contributed by atoms with E-state index in [1.807, 2.05) is 0 Å². The molecule has 0 aliphatic rings. The SMILES string of the molecule is CCCCCCCCC[P]. The van der Waals surface area contributed by atoms with Crippen LogP contribution in [0.15, 0.2) is 0 Å². The molecule has 0 aliphatic carbocycles. The van der Waals surface area contributed by atoms with Crippen molar-refractivity contribution in [2.45, 2.75) is 51.9 Å². The average Bonchev–Trinajstić information content (AvgIpc) is 1.97. The van der Waals surface area contributed by atoms with Crippen molar-refractivity contribution in [3.05, 3.63) is 0 Å². The maximum Gasteiger partial charge on any atom is -0.0242 e. The van der Waals surface area contributed by atoms with Crippen LogP contribution < -0.4 is 0 Å². The van der Waals surface area contributed by atoms with Gasteiger partial charge in [-0.05, 0) is 21.8 Å². The second-order valence-electron chi connectivity index (χ2n) is 2.84. The van der Waals surface area contributed by atoms with Gasteiger partial charge in [0.2, 0.25) is 0 Å². The molecule has 0 saturated heterocycles. The molecule has 0 aromatic rings. The summed E-state index contributed by atoms with van der Waals surface area (Å²) < 4.78 is 0. The van der Waals surface area contributed by atoms with E-state index < -0.39 is 0 Å². The van der Waals surface area contributed by atoms with Crippen LogP contribution >= 0.6 is 9.24 Å². The van der Waals surface area contributed by atoms with Crippen LogP contribution in [0, 0.1) is 0 Å². The third-order valence-corrected chi connectivity index (χ3v) is 2.08. The van der Waals surface area contributed by atoms with Crippen molar-refractivity contribution < 1.29 is 0 Å². The molecule has 0 atom stereocenters. The van der Waals surface area contributed by atoms with Crippen molar-refractivity contribution in [1.29, 1.82) is 0 Å². The van der Waals surface area contributed by atoms with Gasteiger partial charge in [0, 0.05) is 0 Å². The van der Waals surface area contributed by atoms with Gasteiger partial charge in [-0.15, -0.1) is 0 Å². The molecule has 0 aromatic carbocycles. The normalized spacial score (nSPS) is 10.2. The molecule has 0 bridgehead atoms. The zero-order valence-corrected chi connectivity index (χ0v) is 8.00. The van der Waals surface area contributed by atoms with Crippen molar-refractivity contribution in [1.82, 2.24) is 0 Å². The lowest BCUT2D eigenvalue weighted by Gasteiger charge is -1.97. The van der Waals surface area contributed by atoms with E-state index >= 15 is 0 Å².